The molecule has 0 unspecified atom stereocenters. The molecule has 0 saturated carbocycles. The standard InChI is InChI=1S/C16H23N3O2/c1-2-10-18(12-14-6-8-17-9-7-14)13-15-4-3-5-16(11-15)19(20)21/h2-5,11,14,17H,1,6-10,12-13H2. The Labute approximate surface area is 125 Å². The number of nitrogens with one attached hydrogen (secondary N) is 1. The SMILES string of the molecule is C=CCN(Cc1cccc([N+](=O)[O-])c1)CC1CCNCC1. The van der Waals surface area contributed by atoms with E-state index in [4.69, 9.17) is 0 Å². The molecule has 0 amide bonds. The molecule has 1 heterocycles. The first-order valence-corrected chi connectivity index (χ1v) is 7.46. The largest absolute Gasteiger partial charge is 0.317 e. The third-order valence-corrected chi connectivity index (χ3v) is 3.89. The Kier molecular flexibility index (Phi) is 5.90. The molecule has 1 N–H and O–H groups in total. The van der Waals surface area contributed by atoms with Crippen molar-refractivity contribution < 1.29 is 4.92 Å². The van der Waals surface area contributed by atoms with E-state index in [0.29, 0.717) is 5.92 Å². The van der Waals surface area contributed by atoms with Gasteiger partial charge in [0.1, 0.15) is 0 Å². The molecule has 5 nitrogen and oxygen atoms in total. The molecule has 1 aromatic carbocycles. The molecule has 2 rings (SSSR count). The van der Waals surface area contributed by atoms with Gasteiger partial charge in [-0.3, -0.25) is 15.0 Å². The number of nitrogens with zero attached hydrogens (tertiary/aromatic N) is 2. The van der Waals surface area contributed by atoms with Crippen LogP contribution in [0.4, 0.5) is 5.69 Å². The van der Waals surface area contributed by atoms with Gasteiger partial charge in [-0.15, -0.1) is 6.58 Å². The highest BCUT2D eigenvalue weighted by atomic mass is 16.6. The predicted octanol–water partition coefficient (Wildman–Crippen LogP) is 2.58. The molecule has 0 bridgehead atoms. The average Bonchev–Trinajstić information content (AvgIpc) is 2.49. The lowest BCUT2D eigenvalue weighted by Gasteiger charge is -2.29. The van der Waals surface area contributed by atoms with Crippen LogP contribution in [0.25, 0.3) is 0 Å². The second kappa shape index (κ2) is 7.90. The van der Waals surface area contributed by atoms with E-state index in [2.05, 4.69) is 16.8 Å². The van der Waals surface area contributed by atoms with E-state index in [-0.39, 0.29) is 10.6 Å². The molecule has 1 aliphatic rings. The van der Waals surface area contributed by atoms with Crippen molar-refractivity contribution in [2.45, 2.75) is 19.4 Å². The molecule has 0 radical (unpaired) electrons. The molecular formula is C16H23N3O2. The molecule has 1 saturated heterocycles. The molecule has 1 aliphatic heterocycles. The summed E-state index contributed by atoms with van der Waals surface area (Å²) in [6, 6.07) is 6.91. The quantitative estimate of drug-likeness (QED) is 0.476. The normalized spacial score (nSPS) is 16.0. The number of nitro groups is 1. The van der Waals surface area contributed by atoms with Crippen LogP contribution >= 0.6 is 0 Å². The average molecular weight is 289 g/mol. The molecular weight excluding hydrogens is 266 g/mol. The molecule has 1 aromatic rings. The first kappa shape index (κ1) is 15.7. The van der Waals surface area contributed by atoms with Gasteiger partial charge < -0.3 is 5.32 Å². The maximum Gasteiger partial charge on any atom is 0.269 e. The number of nitro benzene ring substituents is 1. The summed E-state index contributed by atoms with van der Waals surface area (Å²) in [4.78, 5) is 12.8. The van der Waals surface area contributed by atoms with Gasteiger partial charge in [-0.1, -0.05) is 18.2 Å². The van der Waals surface area contributed by atoms with Gasteiger partial charge in [-0.05, 0) is 37.4 Å². The van der Waals surface area contributed by atoms with E-state index in [9.17, 15) is 10.1 Å². The summed E-state index contributed by atoms with van der Waals surface area (Å²) in [6.45, 7) is 8.56. The number of non-ortho nitro benzene ring substituents is 1. The van der Waals surface area contributed by atoms with Crippen molar-refractivity contribution in [3.8, 4) is 0 Å². The van der Waals surface area contributed by atoms with Crippen LogP contribution in [0.3, 0.4) is 0 Å². The van der Waals surface area contributed by atoms with Crippen molar-refractivity contribution in [2.24, 2.45) is 5.92 Å². The van der Waals surface area contributed by atoms with Gasteiger partial charge in [0.05, 0.1) is 4.92 Å². The van der Waals surface area contributed by atoms with Crippen LogP contribution in [0.5, 0.6) is 0 Å². The maximum atomic E-state index is 10.9. The molecule has 1 fully saturated rings. The van der Waals surface area contributed by atoms with Crippen molar-refractivity contribution in [3.05, 3.63) is 52.6 Å². The monoisotopic (exact) mass is 289 g/mol. The molecule has 0 aliphatic carbocycles. The van der Waals surface area contributed by atoms with Crippen LogP contribution in [0.1, 0.15) is 18.4 Å². The lowest BCUT2D eigenvalue weighted by molar-refractivity contribution is -0.384. The number of benzene rings is 1. The van der Waals surface area contributed by atoms with Crippen LogP contribution in [-0.2, 0) is 6.54 Å². The molecule has 0 atom stereocenters. The summed E-state index contributed by atoms with van der Waals surface area (Å²) in [5, 5.41) is 14.2. The number of piperidine rings is 1. The fraction of sp³-hybridized carbons (Fsp3) is 0.500. The lowest BCUT2D eigenvalue weighted by atomic mass is 9.97. The third kappa shape index (κ3) is 4.95. The summed E-state index contributed by atoms with van der Waals surface area (Å²) in [7, 11) is 0. The van der Waals surface area contributed by atoms with E-state index >= 15 is 0 Å². The van der Waals surface area contributed by atoms with E-state index in [1.165, 1.54) is 18.9 Å². The minimum atomic E-state index is -0.339. The van der Waals surface area contributed by atoms with Crippen LogP contribution in [0.2, 0.25) is 0 Å². The Morgan fingerprint density at radius 2 is 2.19 bits per heavy atom. The van der Waals surface area contributed by atoms with Crippen LogP contribution < -0.4 is 5.32 Å². The van der Waals surface area contributed by atoms with Crippen molar-refractivity contribution in [3.63, 3.8) is 0 Å². The third-order valence-electron chi connectivity index (χ3n) is 3.89. The zero-order valence-electron chi connectivity index (χ0n) is 12.3. The highest BCUT2D eigenvalue weighted by Crippen LogP contribution is 2.18. The first-order chi connectivity index (χ1) is 10.2. The lowest BCUT2D eigenvalue weighted by Crippen LogP contribution is -2.36. The van der Waals surface area contributed by atoms with Gasteiger partial charge >= 0.3 is 0 Å². The van der Waals surface area contributed by atoms with Gasteiger partial charge in [0.25, 0.3) is 5.69 Å². The molecule has 5 heteroatoms. The van der Waals surface area contributed by atoms with E-state index in [1.54, 1.807) is 12.1 Å². The zero-order valence-corrected chi connectivity index (χ0v) is 12.3. The van der Waals surface area contributed by atoms with E-state index < -0.39 is 0 Å². The Bertz CT molecular complexity index is 484. The van der Waals surface area contributed by atoms with Crippen molar-refractivity contribution >= 4 is 5.69 Å². The van der Waals surface area contributed by atoms with Gasteiger partial charge in [0, 0.05) is 31.8 Å². The van der Waals surface area contributed by atoms with Crippen molar-refractivity contribution in [1.82, 2.24) is 10.2 Å². The van der Waals surface area contributed by atoms with Crippen molar-refractivity contribution in [1.29, 1.82) is 0 Å². The summed E-state index contributed by atoms with van der Waals surface area (Å²) < 4.78 is 0. The number of rotatable bonds is 7. The Balaban J connectivity index is 1.99. The Morgan fingerprint density at radius 1 is 1.43 bits per heavy atom. The highest BCUT2D eigenvalue weighted by Gasteiger charge is 2.17. The summed E-state index contributed by atoms with van der Waals surface area (Å²) in [5.74, 6) is 0.699. The van der Waals surface area contributed by atoms with Crippen LogP contribution in [0.15, 0.2) is 36.9 Å². The Hall–Kier alpha value is -1.72. The van der Waals surface area contributed by atoms with Gasteiger partial charge in [0.15, 0.2) is 0 Å². The van der Waals surface area contributed by atoms with Crippen LogP contribution in [-0.4, -0.2) is 36.0 Å². The highest BCUT2D eigenvalue weighted by molar-refractivity contribution is 5.34. The number of hydrogen-bond donors (Lipinski definition) is 1. The smallest absolute Gasteiger partial charge is 0.269 e. The van der Waals surface area contributed by atoms with Gasteiger partial charge in [-0.2, -0.15) is 0 Å². The second-order valence-corrected chi connectivity index (χ2v) is 5.60. The minimum absolute atomic E-state index is 0.160. The fourth-order valence-electron chi connectivity index (χ4n) is 2.84. The molecule has 0 spiro atoms. The molecule has 21 heavy (non-hydrogen) atoms. The second-order valence-electron chi connectivity index (χ2n) is 5.60. The predicted molar refractivity (Wildman–Crippen MR) is 84.2 cm³/mol. The van der Waals surface area contributed by atoms with Gasteiger partial charge in [-0.25, -0.2) is 0 Å². The summed E-state index contributed by atoms with van der Waals surface area (Å²) in [6.07, 6.45) is 4.30. The minimum Gasteiger partial charge on any atom is -0.317 e. The maximum absolute atomic E-state index is 10.9. The van der Waals surface area contributed by atoms with Crippen molar-refractivity contribution in [2.75, 3.05) is 26.2 Å². The first-order valence-electron chi connectivity index (χ1n) is 7.46. The number of hydrogen-bond acceptors (Lipinski definition) is 4. The Morgan fingerprint density at radius 3 is 2.86 bits per heavy atom. The molecule has 0 aromatic heterocycles. The summed E-state index contributed by atoms with van der Waals surface area (Å²) in [5.41, 5.74) is 1.15. The van der Waals surface area contributed by atoms with E-state index in [1.807, 2.05) is 12.1 Å². The topological polar surface area (TPSA) is 58.4 Å². The summed E-state index contributed by atoms with van der Waals surface area (Å²) >= 11 is 0. The fourth-order valence-corrected chi connectivity index (χ4v) is 2.84. The van der Waals surface area contributed by atoms with E-state index in [0.717, 1.165) is 38.3 Å². The zero-order chi connectivity index (χ0) is 15.1. The van der Waals surface area contributed by atoms with Crippen LogP contribution in [0, 0.1) is 16.0 Å². The van der Waals surface area contributed by atoms with Gasteiger partial charge in [0.2, 0.25) is 0 Å². The molecule has 114 valence electrons.